The standard InChI is InChI=1S/C21H22N6O4S/c1-14-2-6-16(7-3-14)26-12-13-27-20(29)18(24-25-21(26)27)19(28)23-11-10-15-4-8-17(9-5-15)32(22,30)31/h2-9H,10-13H2,1H3,(H,23,28)(H2,22,30,31). The third-order valence-electron chi connectivity index (χ3n) is 5.23. The Kier molecular flexibility index (Phi) is 5.76. The molecule has 0 saturated carbocycles. The molecule has 10 nitrogen and oxygen atoms in total. The Morgan fingerprint density at radius 2 is 1.75 bits per heavy atom. The van der Waals surface area contributed by atoms with Crippen molar-refractivity contribution in [2.75, 3.05) is 18.0 Å². The SMILES string of the molecule is Cc1ccc(N2CCn3c2nnc(C(=O)NCCc2ccc(S(N)(=O)=O)cc2)c3=O)cc1. The topological polar surface area (TPSA) is 140 Å². The molecular weight excluding hydrogens is 432 g/mol. The third kappa shape index (κ3) is 4.39. The molecule has 166 valence electrons. The van der Waals surface area contributed by atoms with Crippen LogP contribution in [0.25, 0.3) is 0 Å². The number of amides is 1. The molecule has 0 saturated heterocycles. The van der Waals surface area contributed by atoms with E-state index in [1.165, 1.54) is 16.7 Å². The maximum Gasteiger partial charge on any atom is 0.286 e. The highest BCUT2D eigenvalue weighted by Gasteiger charge is 2.27. The van der Waals surface area contributed by atoms with Crippen molar-refractivity contribution in [1.82, 2.24) is 20.1 Å². The molecule has 32 heavy (non-hydrogen) atoms. The monoisotopic (exact) mass is 454 g/mol. The first-order chi connectivity index (χ1) is 15.2. The number of nitrogens with one attached hydrogen (secondary N) is 1. The lowest BCUT2D eigenvalue weighted by molar-refractivity contribution is 0.0945. The summed E-state index contributed by atoms with van der Waals surface area (Å²) in [6.45, 7) is 3.21. The van der Waals surface area contributed by atoms with E-state index in [1.54, 1.807) is 12.1 Å². The zero-order valence-corrected chi connectivity index (χ0v) is 18.2. The van der Waals surface area contributed by atoms with E-state index in [4.69, 9.17) is 5.14 Å². The van der Waals surface area contributed by atoms with Crippen LogP contribution in [-0.2, 0) is 23.0 Å². The predicted molar refractivity (Wildman–Crippen MR) is 118 cm³/mol. The molecule has 0 bridgehead atoms. The highest BCUT2D eigenvalue weighted by molar-refractivity contribution is 7.89. The van der Waals surface area contributed by atoms with Crippen molar-refractivity contribution < 1.29 is 13.2 Å². The van der Waals surface area contributed by atoms with Gasteiger partial charge in [-0.05, 0) is 43.2 Å². The van der Waals surface area contributed by atoms with Gasteiger partial charge in [0, 0.05) is 25.3 Å². The third-order valence-corrected chi connectivity index (χ3v) is 6.16. The van der Waals surface area contributed by atoms with Crippen LogP contribution in [0.1, 0.15) is 21.6 Å². The molecule has 2 heterocycles. The summed E-state index contributed by atoms with van der Waals surface area (Å²) >= 11 is 0. The van der Waals surface area contributed by atoms with Gasteiger partial charge in [0.15, 0.2) is 0 Å². The molecule has 1 aromatic heterocycles. The van der Waals surface area contributed by atoms with E-state index in [0.717, 1.165) is 16.8 Å². The molecule has 0 atom stereocenters. The number of aromatic nitrogens is 3. The summed E-state index contributed by atoms with van der Waals surface area (Å²) in [5, 5.41) is 15.8. The Hall–Kier alpha value is -3.57. The summed E-state index contributed by atoms with van der Waals surface area (Å²) < 4.78 is 24.1. The first-order valence-corrected chi connectivity index (χ1v) is 11.5. The lowest BCUT2D eigenvalue weighted by Crippen LogP contribution is -2.35. The van der Waals surface area contributed by atoms with Gasteiger partial charge in [0.05, 0.1) is 4.90 Å². The maximum absolute atomic E-state index is 12.8. The second-order valence-corrected chi connectivity index (χ2v) is 9.05. The summed E-state index contributed by atoms with van der Waals surface area (Å²) in [5.41, 5.74) is 2.09. The lowest BCUT2D eigenvalue weighted by atomic mass is 10.1. The predicted octanol–water partition coefficient (Wildman–Crippen LogP) is 0.718. The molecule has 0 unspecified atom stereocenters. The maximum atomic E-state index is 12.8. The Morgan fingerprint density at radius 1 is 1.06 bits per heavy atom. The summed E-state index contributed by atoms with van der Waals surface area (Å²) in [5.74, 6) is -0.196. The number of nitrogens with two attached hydrogens (primary N) is 1. The molecule has 1 aliphatic heterocycles. The number of benzene rings is 2. The average Bonchev–Trinajstić information content (AvgIpc) is 3.19. The minimum absolute atomic E-state index is 0.0198. The van der Waals surface area contributed by atoms with Crippen LogP contribution in [0.4, 0.5) is 11.6 Å². The smallest absolute Gasteiger partial charge is 0.286 e. The average molecular weight is 455 g/mol. The van der Waals surface area contributed by atoms with Crippen LogP contribution in [0.2, 0.25) is 0 Å². The van der Waals surface area contributed by atoms with Gasteiger partial charge in [-0.15, -0.1) is 10.2 Å². The van der Waals surface area contributed by atoms with E-state index in [0.29, 0.717) is 25.5 Å². The normalized spacial score (nSPS) is 13.1. The van der Waals surface area contributed by atoms with Crippen LogP contribution in [-0.4, -0.2) is 42.2 Å². The molecule has 1 amide bonds. The van der Waals surface area contributed by atoms with Gasteiger partial charge >= 0.3 is 0 Å². The van der Waals surface area contributed by atoms with Gasteiger partial charge in [-0.1, -0.05) is 29.8 Å². The van der Waals surface area contributed by atoms with E-state index in [-0.39, 0.29) is 17.1 Å². The molecule has 1 aliphatic rings. The van der Waals surface area contributed by atoms with Gasteiger partial charge in [-0.25, -0.2) is 13.6 Å². The number of primary sulfonamides is 1. The van der Waals surface area contributed by atoms with Gasteiger partial charge in [0.2, 0.25) is 21.7 Å². The summed E-state index contributed by atoms with van der Waals surface area (Å²) in [7, 11) is -3.75. The van der Waals surface area contributed by atoms with Crippen LogP contribution in [0.5, 0.6) is 0 Å². The number of hydrogen-bond donors (Lipinski definition) is 2. The Bertz CT molecular complexity index is 1320. The van der Waals surface area contributed by atoms with Gasteiger partial charge in [0.1, 0.15) is 0 Å². The Morgan fingerprint density at radius 3 is 2.41 bits per heavy atom. The van der Waals surface area contributed by atoms with Crippen molar-refractivity contribution in [3.8, 4) is 0 Å². The van der Waals surface area contributed by atoms with Crippen LogP contribution < -0.4 is 20.9 Å². The molecule has 3 N–H and O–H groups in total. The number of carbonyl (C=O) groups is 1. The van der Waals surface area contributed by atoms with E-state index in [9.17, 15) is 18.0 Å². The Labute approximate surface area is 184 Å². The minimum atomic E-state index is -3.75. The largest absolute Gasteiger partial charge is 0.350 e. The zero-order valence-electron chi connectivity index (χ0n) is 17.4. The van der Waals surface area contributed by atoms with Gasteiger partial charge < -0.3 is 10.2 Å². The number of anilines is 2. The number of carbonyl (C=O) groups excluding carboxylic acids is 1. The Balaban J connectivity index is 1.43. The molecular formula is C21H22N6O4S. The quantitative estimate of drug-likeness (QED) is 0.559. The fourth-order valence-electron chi connectivity index (χ4n) is 3.47. The van der Waals surface area contributed by atoms with Crippen molar-refractivity contribution in [2.24, 2.45) is 5.14 Å². The van der Waals surface area contributed by atoms with Crippen molar-refractivity contribution in [3.05, 3.63) is 75.7 Å². The van der Waals surface area contributed by atoms with Crippen molar-refractivity contribution in [3.63, 3.8) is 0 Å². The number of fused-ring (bicyclic) bond motifs is 1. The van der Waals surface area contributed by atoms with Crippen LogP contribution in [0, 0.1) is 6.92 Å². The fraction of sp³-hybridized carbons (Fsp3) is 0.238. The molecule has 3 aromatic rings. The second-order valence-electron chi connectivity index (χ2n) is 7.49. The molecule has 0 aliphatic carbocycles. The minimum Gasteiger partial charge on any atom is -0.350 e. The van der Waals surface area contributed by atoms with E-state index in [1.807, 2.05) is 36.1 Å². The fourth-order valence-corrected chi connectivity index (χ4v) is 3.99. The van der Waals surface area contributed by atoms with Crippen LogP contribution in [0.15, 0.2) is 58.2 Å². The molecule has 0 fully saturated rings. The molecule has 0 spiro atoms. The number of aryl methyl sites for hydroxylation is 1. The highest BCUT2D eigenvalue weighted by Crippen LogP contribution is 2.26. The van der Waals surface area contributed by atoms with Gasteiger partial charge in [0.25, 0.3) is 11.5 Å². The van der Waals surface area contributed by atoms with Gasteiger partial charge in [-0.3, -0.25) is 14.2 Å². The summed E-state index contributed by atoms with van der Waals surface area (Å²) in [6, 6.07) is 13.9. The van der Waals surface area contributed by atoms with Gasteiger partial charge in [-0.2, -0.15) is 0 Å². The molecule has 4 rings (SSSR count). The molecule has 11 heteroatoms. The van der Waals surface area contributed by atoms with Crippen LogP contribution in [0.3, 0.4) is 0 Å². The number of rotatable bonds is 6. The van der Waals surface area contributed by atoms with E-state index in [2.05, 4.69) is 15.5 Å². The highest BCUT2D eigenvalue weighted by atomic mass is 32.2. The van der Waals surface area contributed by atoms with E-state index < -0.39 is 21.5 Å². The first kappa shape index (κ1) is 21.7. The summed E-state index contributed by atoms with van der Waals surface area (Å²) in [6.07, 6.45) is 0.442. The lowest BCUT2D eigenvalue weighted by Gasteiger charge is -2.16. The second kappa shape index (κ2) is 8.52. The van der Waals surface area contributed by atoms with Crippen molar-refractivity contribution >= 4 is 27.6 Å². The molecule has 0 radical (unpaired) electrons. The first-order valence-electron chi connectivity index (χ1n) is 9.96. The van der Waals surface area contributed by atoms with Crippen molar-refractivity contribution in [2.45, 2.75) is 24.8 Å². The number of hydrogen-bond acceptors (Lipinski definition) is 7. The molecule has 2 aromatic carbocycles. The number of sulfonamides is 1. The number of nitrogens with zero attached hydrogens (tertiary/aromatic N) is 4. The zero-order chi connectivity index (χ0) is 22.9. The summed E-state index contributed by atoms with van der Waals surface area (Å²) in [4.78, 5) is 27.2. The van der Waals surface area contributed by atoms with Crippen molar-refractivity contribution in [1.29, 1.82) is 0 Å². The van der Waals surface area contributed by atoms with Crippen LogP contribution >= 0.6 is 0 Å². The van der Waals surface area contributed by atoms with E-state index >= 15 is 0 Å².